The third-order valence-corrected chi connectivity index (χ3v) is 4.80. The quantitative estimate of drug-likeness (QED) is 0.824. The molecule has 0 aliphatic rings. The van der Waals surface area contributed by atoms with Gasteiger partial charge in [0.15, 0.2) is 0 Å². The van der Waals surface area contributed by atoms with Crippen molar-refractivity contribution in [2.24, 2.45) is 13.0 Å². The summed E-state index contributed by atoms with van der Waals surface area (Å²) in [5, 5.41) is 4.10. The fraction of sp³-hybridized carbons (Fsp3) is 0.700. The summed E-state index contributed by atoms with van der Waals surface area (Å²) in [6, 6.07) is 0. The van der Waals surface area contributed by atoms with Crippen molar-refractivity contribution in [3.63, 3.8) is 0 Å². The predicted molar refractivity (Wildman–Crippen MR) is 67.8 cm³/mol. The summed E-state index contributed by atoms with van der Waals surface area (Å²) in [4.78, 5) is 0.266. The molecule has 1 aromatic heterocycles. The van der Waals surface area contributed by atoms with Gasteiger partial charge in [0.1, 0.15) is 4.90 Å². The van der Waals surface area contributed by atoms with Gasteiger partial charge in [-0.2, -0.15) is 5.10 Å². The molecule has 1 unspecified atom stereocenters. The van der Waals surface area contributed by atoms with Gasteiger partial charge < -0.3 is 0 Å². The fourth-order valence-corrected chi connectivity index (χ4v) is 3.23. The third kappa shape index (κ3) is 3.20. The number of nitrogens with one attached hydrogen (secondary N) is 1. The molecule has 1 N–H and O–H groups in total. The van der Waals surface area contributed by atoms with Crippen LogP contribution in [0.1, 0.15) is 18.3 Å². The van der Waals surface area contributed by atoms with E-state index in [4.69, 9.17) is 11.6 Å². The van der Waals surface area contributed by atoms with E-state index >= 15 is 0 Å². The van der Waals surface area contributed by atoms with Crippen LogP contribution in [0.25, 0.3) is 0 Å². The average Bonchev–Trinajstić information content (AvgIpc) is 2.50. The van der Waals surface area contributed by atoms with Crippen molar-refractivity contribution in [1.82, 2.24) is 14.5 Å². The molecule has 0 aliphatic heterocycles. The van der Waals surface area contributed by atoms with Crippen LogP contribution in [-0.2, 0) is 17.1 Å². The molecule has 1 rings (SSSR count). The molecule has 98 valence electrons. The number of alkyl halides is 1. The number of aryl methyl sites for hydroxylation is 2. The first-order chi connectivity index (χ1) is 7.79. The molecule has 0 amide bonds. The van der Waals surface area contributed by atoms with E-state index in [-0.39, 0.29) is 10.8 Å². The minimum Gasteiger partial charge on any atom is -0.271 e. The van der Waals surface area contributed by atoms with E-state index in [9.17, 15) is 8.42 Å². The van der Waals surface area contributed by atoms with Gasteiger partial charge in [0.2, 0.25) is 10.0 Å². The number of hydrogen-bond acceptors (Lipinski definition) is 3. The van der Waals surface area contributed by atoms with Crippen molar-refractivity contribution in [2.75, 3.05) is 12.4 Å². The van der Waals surface area contributed by atoms with Crippen molar-refractivity contribution >= 4 is 21.6 Å². The monoisotopic (exact) mass is 279 g/mol. The molecule has 0 saturated heterocycles. The topological polar surface area (TPSA) is 64.0 Å². The lowest BCUT2D eigenvalue weighted by Crippen LogP contribution is -2.29. The zero-order chi connectivity index (χ0) is 13.2. The minimum absolute atomic E-state index is 0.101. The summed E-state index contributed by atoms with van der Waals surface area (Å²) in [7, 11) is -1.77. The second-order valence-corrected chi connectivity index (χ2v) is 6.25. The van der Waals surface area contributed by atoms with Crippen LogP contribution in [0, 0.1) is 19.8 Å². The first-order valence-electron chi connectivity index (χ1n) is 5.35. The largest absolute Gasteiger partial charge is 0.271 e. The van der Waals surface area contributed by atoms with Crippen molar-refractivity contribution in [3.05, 3.63) is 11.4 Å². The zero-order valence-electron chi connectivity index (χ0n) is 10.5. The maximum atomic E-state index is 12.1. The van der Waals surface area contributed by atoms with Gasteiger partial charge in [-0.3, -0.25) is 4.68 Å². The third-order valence-electron chi connectivity index (χ3n) is 2.60. The molecule has 7 heteroatoms. The lowest BCUT2D eigenvalue weighted by atomic mass is 10.2. The van der Waals surface area contributed by atoms with E-state index in [1.54, 1.807) is 25.6 Å². The Kier molecular flexibility index (Phi) is 4.57. The summed E-state index contributed by atoms with van der Waals surface area (Å²) in [6.45, 7) is 5.64. The van der Waals surface area contributed by atoms with Gasteiger partial charge in [-0.1, -0.05) is 6.92 Å². The highest BCUT2D eigenvalue weighted by molar-refractivity contribution is 7.89. The Morgan fingerprint density at radius 1 is 1.47 bits per heavy atom. The lowest BCUT2D eigenvalue weighted by molar-refractivity contribution is 0.560. The number of hydrogen-bond donors (Lipinski definition) is 1. The maximum absolute atomic E-state index is 12.1. The zero-order valence-corrected chi connectivity index (χ0v) is 12.1. The smallest absolute Gasteiger partial charge is 0.244 e. The molecule has 0 fully saturated rings. The van der Waals surface area contributed by atoms with E-state index < -0.39 is 10.0 Å². The number of aromatic nitrogens is 2. The van der Waals surface area contributed by atoms with Crippen LogP contribution in [0.5, 0.6) is 0 Å². The number of rotatable bonds is 5. The summed E-state index contributed by atoms with van der Waals surface area (Å²) in [5.74, 6) is 0.525. The van der Waals surface area contributed by atoms with E-state index in [2.05, 4.69) is 9.82 Å². The van der Waals surface area contributed by atoms with Crippen LogP contribution in [-0.4, -0.2) is 30.6 Å². The number of sulfonamides is 1. The Morgan fingerprint density at radius 3 is 2.47 bits per heavy atom. The molecular formula is C10H18ClN3O2S. The van der Waals surface area contributed by atoms with Crippen LogP contribution >= 0.6 is 11.6 Å². The number of nitrogens with zero attached hydrogens (tertiary/aromatic N) is 2. The van der Waals surface area contributed by atoms with Gasteiger partial charge >= 0.3 is 0 Å². The molecule has 1 heterocycles. The Labute approximate surface area is 107 Å². The van der Waals surface area contributed by atoms with Gasteiger partial charge in [0, 0.05) is 19.5 Å². The fourth-order valence-electron chi connectivity index (χ4n) is 1.52. The molecule has 0 saturated carbocycles. The molecule has 1 aromatic rings. The summed E-state index contributed by atoms with van der Waals surface area (Å²) in [5.41, 5.74) is 1.14. The van der Waals surface area contributed by atoms with Crippen molar-refractivity contribution in [1.29, 1.82) is 0 Å². The van der Waals surface area contributed by atoms with E-state index in [1.165, 1.54) is 0 Å². The summed E-state index contributed by atoms with van der Waals surface area (Å²) in [6.07, 6.45) is 0. The Morgan fingerprint density at radius 2 is 2.06 bits per heavy atom. The molecule has 0 spiro atoms. The van der Waals surface area contributed by atoms with Gasteiger partial charge in [0.05, 0.1) is 11.4 Å². The predicted octanol–water partition coefficient (Wildman–Crippen LogP) is 1.19. The van der Waals surface area contributed by atoms with E-state index in [0.29, 0.717) is 23.8 Å². The van der Waals surface area contributed by atoms with Crippen molar-refractivity contribution < 1.29 is 8.42 Å². The highest BCUT2D eigenvalue weighted by Crippen LogP contribution is 2.18. The van der Waals surface area contributed by atoms with Crippen LogP contribution in [0.3, 0.4) is 0 Å². The van der Waals surface area contributed by atoms with Crippen molar-refractivity contribution in [2.45, 2.75) is 25.7 Å². The lowest BCUT2D eigenvalue weighted by Gasteiger charge is -2.10. The SMILES string of the molecule is Cc1nn(C)c(C)c1S(=O)(=O)NCC(C)CCl. The molecule has 17 heavy (non-hydrogen) atoms. The van der Waals surface area contributed by atoms with Gasteiger partial charge in [-0.15, -0.1) is 11.6 Å². The molecule has 0 bridgehead atoms. The molecule has 1 atom stereocenters. The molecule has 0 aliphatic carbocycles. The normalized spacial score (nSPS) is 13.9. The minimum atomic E-state index is -3.50. The van der Waals surface area contributed by atoms with Gasteiger partial charge in [-0.05, 0) is 19.8 Å². The standard InChI is InChI=1S/C10H18ClN3O2S/c1-7(5-11)6-12-17(15,16)10-8(2)13-14(4)9(10)3/h7,12H,5-6H2,1-4H3. The molecule has 0 aromatic carbocycles. The highest BCUT2D eigenvalue weighted by atomic mass is 35.5. The second-order valence-electron chi connectivity index (χ2n) is 4.23. The molecule has 0 radical (unpaired) electrons. The highest BCUT2D eigenvalue weighted by Gasteiger charge is 2.23. The van der Waals surface area contributed by atoms with Crippen LogP contribution in [0.4, 0.5) is 0 Å². The van der Waals surface area contributed by atoms with Crippen LogP contribution < -0.4 is 4.72 Å². The van der Waals surface area contributed by atoms with Crippen LogP contribution in [0.15, 0.2) is 4.90 Å². The molecular weight excluding hydrogens is 262 g/mol. The Balaban J connectivity index is 2.98. The maximum Gasteiger partial charge on any atom is 0.244 e. The average molecular weight is 280 g/mol. The van der Waals surface area contributed by atoms with Gasteiger partial charge in [0.25, 0.3) is 0 Å². The summed E-state index contributed by atoms with van der Waals surface area (Å²) >= 11 is 5.64. The first-order valence-corrected chi connectivity index (χ1v) is 7.37. The molecule has 5 nitrogen and oxygen atoms in total. The number of halogens is 1. The Bertz CT molecular complexity index is 496. The summed E-state index contributed by atoms with van der Waals surface area (Å²) < 4.78 is 28.3. The van der Waals surface area contributed by atoms with Crippen molar-refractivity contribution in [3.8, 4) is 0 Å². The first kappa shape index (κ1) is 14.5. The Hall–Kier alpha value is -0.590. The second kappa shape index (κ2) is 5.37. The van der Waals surface area contributed by atoms with Crippen LogP contribution in [0.2, 0.25) is 0 Å². The van der Waals surface area contributed by atoms with E-state index in [1.807, 2.05) is 6.92 Å². The van der Waals surface area contributed by atoms with E-state index in [0.717, 1.165) is 0 Å². The van der Waals surface area contributed by atoms with Gasteiger partial charge in [-0.25, -0.2) is 13.1 Å².